The highest BCUT2D eigenvalue weighted by molar-refractivity contribution is 7.89. The van der Waals surface area contributed by atoms with Crippen LogP contribution in [-0.2, 0) is 10.0 Å². The number of nitrogen functional groups attached to an aromatic ring is 1. The summed E-state index contributed by atoms with van der Waals surface area (Å²) in [6, 6.07) is 3.55. The summed E-state index contributed by atoms with van der Waals surface area (Å²) in [6.07, 6.45) is 3.21. The van der Waals surface area contributed by atoms with Gasteiger partial charge in [-0.3, -0.25) is 16.0 Å². The summed E-state index contributed by atoms with van der Waals surface area (Å²) < 4.78 is 26.2. The van der Waals surface area contributed by atoms with Crippen LogP contribution in [0.4, 0.5) is 11.4 Å². The molecule has 1 aliphatic rings. The van der Waals surface area contributed by atoms with Gasteiger partial charge in [0, 0.05) is 19.7 Å². The number of nitrogens with one attached hydrogen (secondary N) is 1. The minimum Gasteiger partial charge on any atom is -0.318 e. The number of nitro groups is 1. The highest BCUT2D eigenvalue weighted by Crippen LogP contribution is 2.30. The fourth-order valence-corrected chi connectivity index (χ4v) is 3.54. The van der Waals surface area contributed by atoms with E-state index in [2.05, 4.69) is 5.43 Å². The Morgan fingerprint density at radius 2 is 2.14 bits per heavy atom. The van der Waals surface area contributed by atoms with Crippen molar-refractivity contribution in [3.05, 3.63) is 28.3 Å². The van der Waals surface area contributed by atoms with E-state index in [-0.39, 0.29) is 16.3 Å². The van der Waals surface area contributed by atoms with Crippen molar-refractivity contribution < 1.29 is 13.3 Å². The average Bonchev–Trinajstić information content (AvgIpc) is 2.41. The summed E-state index contributed by atoms with van der Waals surface area (Å²) in [5.41, 5.74) is 1.87. The van der Waals surface area contributed by atoms with Gasteiger partial charge in [-0.2, -0.15) is 0 Å². The topological polar surface area (TPSA) is 119 Å². The Hall–Kier alpha value is -1.71. The SMILES string of the molecule is CN(CC1CCC1)S(=O)(=O)c1ccc([N+](=O)[O-])c(NN)c1. The fraction of sp³-hybridized carbons (Fsp3) is 0.500. The Morgan fingerprint density at radius 3 is 2.62 bits per heavy atom. The molecule has 0 unspecified atom stereocenters. The van der Waals surface area contributed by atoms with E-state index in [1.54, 1.807) is 0 Å². The van der Waals surface area contributed by atoms with Crippen LogP contribution in [0.15, 0.2) is 23.1 Å². The van der Waals surface area contributed by atoms with Gasteiger partial charge in [0.05, 0.1) is 9.82 Å². The predicted octanol–water partition coefficient (Wildman–Crippen LogP) is 1.30. The van der Waals surface area contributed by atoms with Gasteiger partial charge in [0.2, 0.25) is 10.0 Å². The number of anilines is 1. The first-order valence-electron chi connectivity index (χ1n) is 6.57. The van der Waals surface area contributed by atoms with Crippen molar-refractivity contribution >= 4 is 21.4 Å². The molecule has 1 aliphatic carbocycles. The van der Waals surface area contributed by atoms with Crippen LogP contribution in [0.1, 0.15) is 19.3 Å². The minimum atomic E-state index is -3.67. The molecule has 8 nitrogen and oxygen atoms in total. The molecule has 1 saturated carbocycles. The third-order valence-corrected chi connectivity index (χ3v) is 5.59. The largest absolute Gasteiger partial charge is 0.318 e. The standard InChI is InChI=1S/C12H18N4O4S/c1-15(8-9-3-2-4-9)21(19,20)10-5-6-12(16(17)18)11(7-10)14-13/h5-7,9,14H,2-4,8,13H2,1H3. The molecule has 1 aromatic rings. The lowest BCUT2D eigenvalue weighted by molar-refractivity contribution is -0.384. The number of nitrogens with zero attached hydrogens (tertiary/aromatic N) is 2. The van der Waals surface area contributed by atoms with E-state index in [4.69, 9.17) is 5.84 Å². The first-order valence-corrected chi connectivity index (χ1v) is 8.01. The van der Waals surface area contributed by atoms with Gasteiger partial charge in [-0.15, -0.1) is 0 Å². The number of rotatable bonds is 6. The Bertz CT molecular complexity index is 643. The van der Waals surface area contributed by atoms with Crippen LogP contribution >= 0.6 is 0 Å². The molecule has 116 valence electrons. The summed E-state index contributed by atoms with van der Waals surface area (Å²) in [7, 11) is -2.15. The second-order valence-electron chi connectivity index (χ2n) is 5.16. The molecule has 0 saturated heterocycles. The van der Waals surface area contributed by atoms with Gasteiger partial charge in [0.25, 0.3) is 5.69 Å². The van der Waals surface area contributed by atoms with Gasteiger partial charge >= 0.3 is 0 Å². The zero-order chi connectivity index (χ0) is 15.6. The van der Waals surface area contributed by atoms with Crippen LogP contribution in [0.5, 0.6) is 0 Å². The van der Waals surface area contributed by atoms with Gasteiger partial charge in [0.15, 0.2) is 0 Å². The molecule has 1 fully saturated rings. The summed E-state index contributed by atoms with van der Waals surface area (Å²) in [5.74, 6) is 5.62. The average molecular weight is 314 g/mol. The van der Waals surface area contributed by atoms with Gasteiger partial charge in [-0.1, -0.05) is 6.42 Å². The van der Waals surface area contributed by atoms with Crippen molar-refractivity contribution in [3.8, 4) is 0 Å². The minimum absolute atomic E-state index is 0.0112. The quantitative estimate of drug-likeness (QED) is 0.464. The Morgan fingerprint density at radius 1 is 1.48 bits per heavy atom. The number of hydrazine groups is 1. The molecule has 0 aliphatic heterocycles. The highest BCUT2D eigenvalue weighted by atomic mass is 32.2. The fourth-order valence-electron chi connectivity index (χ4n) is 2.27. The maximum absolute atomic E-state index is 12.4. The summed E-state index contributed by atoms with van der Waals surface area (Å²) in [6.45, 7) is 0.463. The van der Waals surface area contributed by atoms with E-state index >= 15 is 0 Å². The number of nitro benzene ring substituents is 1. The predicted molar refractivity (Wildman–Crippen MR) is 78.1 cm³/mol. The first kappa shape index (κ1) is 15.7. The monoisotopic (exact) mass is 314 g/mol. The lowest BCUT2D eigenvalue weighted by atomic mass is 9.86. The third-order valence-electron chi connectivity index (χ3n) is 3.77. The second kappa shape index (κ2) is 5.96. The van der Waals surface area contributed by atoms with Gasteiger partial charge in [-0.05, 0) is 30.9 Å². The Labute approximate surface area is 123 Å². The van der Waals surface area contributed by atoms with Crippen LogP contribution in [0.2, 0.25) is 0 Å². The Balaban J connectivity index is 2.28. The summed E-state index contributed by atoms with van der Waals surface area (Å²) >= 11 is 0. The number of hydrogen-bond acceptors (Lipinski definition) is 6. The first-order chi connectivity index (χ1) is 9.86. The second-order valence-corrected chi connectivity index (χ2v) is 7.21. The normalized spacial score (nSPS) is 15.8. The molecule has 0 radical (unpaired) electrons. The molecule has 21 heavy (non-hydrogen) atoms. The summed E-state index contributed by atoms with van der Waals surface area (Å²) in [5, 5.41) is 10.8. The Kier molecular flexibility index (Phi) is 4.45. The van der Waals surface area contributed by atoms with Gasteiger partial charge < -0.3 is 5.43 Å². The maximum atomic E-state index is 12.4. The van der Waals surface area contributed by atoms with Crippen LogP contribution < -0.4 is 11.3 Å². The van der Waals surface area contributed by atoms with Crippen LogP contribution in [0.25, 0.3) is 0 Å². The smallest absolute Gasteiger partial charge is 0.293 e. The molecule has 0 atom stereocenters. The van der Waals surface area contributed by atoms with E-state index in [0.717, 1.165) is 25.3 Å². The molecule has 2 rings (SSSR count). The van der Waals surface area contributed by atoms with E-state index < -0.39 is 14.9 Å². The zero-order valence-electron chi connectivity index (χ0n) is 11.7. The molecule has 0 amide bonds. The van der Waals surface area contributed by atoms with Crippen LogP contribution in [0.3, 0.4) is 0 Å². The molecular weight excluding hydrogens is 296 g/mol. The van der Waals surface area contributed by atoms with E-state index in [0.29, 0.717) is 12.5 Å². The molecule has 9 heteroatoms. The number of sulfonamides is 1. The van der Waals surface area contributed by atoms with Crippen LogP contribution in [0, 0.1) is 16.0 Å². The molecule has 0 heterocycles. The molecule has 3 N–H and O–H groups in total. The molecular formula is C12H18N4O4S. The molecule has 0 bridgehead atoms. The number of benzene rings is 1. The van der Waals surface area contributed by atoms with E-state index in [9.17, 15) is 18.5 Å². The van der Waals surface area contributed by atoms with Gasteiger partial charge in [0.1, 0.15) is 5.69 Å². The lowest BCUT2D eigenvalue weighted by Gasteiger charge is -2.29. The van der Waals surface area contributed by atoms with Crippen molar-refractivity contribution in [2.75, 3.05) is 19.0 Å². The maximum Gasteiger partial charge on any atom is 0.293 e. The molecule has 0 aromatic heterocycles. The third kappa shape index (κ3) is 3.14. The van der Waals surface area contributed by atoms with Crippen LogP contribution in [-0.4, -0.2) is 31.2 Å². The zero-order valence-corrected chi connectivity index (χ0v) is 12.5. The lowest BCUT2D eigenvalue weighted by Crippen LogP contribution is -2.34. The van der Waals surface area contributed by atoms with E-state index in [1.807, 2.05) is 0 Å². The van der Waals surface area contributed by atoms with Crippen molar-refractivity contribution in [3.63, 3.8) is 0 Å². The highest BCUT2D eigenvalue weighted by Gasteiger charge is 2.28. The van der Waals surface area contributed by atoms with E-state index in [1.165, 1.54) is 23.5 Å². The van der Waals surface area contributed by atoms with Crippen molar-refractivity contribution in [2.45, 2.75) is 24.2 Å². The van der Waals surface area contributed by atoms with Crippen molar-refractivity contribution in [2.24, 2.45) is 11.8 Å². The molecule has 0 spiro atoms. The number of nitrogens with two attached hydrogens (primary N) is 1. The summed E-state index contributed by atoms with van der Waals surface area (Å²) in [4.78, 5) is 10.2. The number of hydrogen-bond donors (Lipinski definition) is 2. The van der Waals surface area contributed by atoms with Crippen molar-refractivity contribution in [1.82, 2.24) is 4.31 Å². The van der Waals surface area contributed by atoms with Crippen molar-refractivity contribution in [1.29, 1.82) is 0 Å². The molecule has 1 aromatic carbocycles. The van der Waals surface area contributed by atoms with Gasteiger partial charge in [-0.25, -0.2) is 12.7 Å².